The van der Waals surface area contributed by atoms with Gasteiger partial charge in [0.1, 0.15) is 5.75 Å². The van der Waals surface area contributed by atoms with E-state index in [4.69, 9.17) is 4.74 Å². The first-order chi connectivity index (χ1) is 10.1. The van der Waals surface area contributed by atoms with Crippen LogP contribution < -0.4 is 10.1 Å². The van der Waals surface area contributed by atoms with E-state index in [2.05, 4.69) is 11.9 Å². The van der Waals surface area contributed by atoms with Crippen molar-refractivity contribution >= 4 is 11.5 Å². The van der Waals surface area contributed by atoms with Gasteiger partial charge in [0.25, 0.3) is 0 Å². The molecule has 108 valence electrons. The molecule has 0 amide bonds. The third kappa shape index (κ3) is 3.96. The lowest BCUT2D eigenvalue weighted by Gasteiger charge is -2.11. The third-order valence-corrected chi connectivity index (χ3v) is 3.24. The summed E-state index contributed by atoms with van der Waals surface area (Å²) in [6.45, 7) is 5.95. The molecule has 0 heterocycles. The zero-order chi connectivity index (χ0) is 15.2. The number of allylic oxidation sites excluding steroid dienone is 1. The predicted molar refractivity (Wildman–Crippen MR) is 85.9 cm³/mol. The Balaban J connectivity index is 1.98. The van der Waals surface area contributed by atoms with Crippen molar-refractivity contribution < 1.29 is 9.53 Å². The SMILES string of the molecule is C=C(CC(=O)c1ccc(OC)cc1)Nc1ccccc1C. The van der Waals surface area contributed by atoms with Gasteiger partial charge < -0.3 is 10.1 Å². The molecule has 0 aliphatic rings. The summed E-state index contributed by atoms with van der Waals surface area (Å²) in [6, 6.07) is 15.0. The summed E-state index contributed by atoms with van der Waals surface area (Å²) in [4.78, 5) is 12.2. The van der Waals surface area contributed by atoms with Gasteiger partial charge in [-0.25, -0.2) is 0 Å². The number of carbonyl (C=O) groups is 1. The molecule has 0 fully saturated rings. The predicted octanol–water partition coefficient (Wildman–Crippen LogP) is 4.20. The van der Waals surface area contributed by atoms with Crippen LogP contribution >= 0.6 is 0 Å². The number of ketones is 1. The fourth-order valence-corrected chi connectivity index (χ4v) is 2.02. The van der Waals surface area contributed by atoms with Gasteiger partial charge in [0.05, 0.1) is 13.5 Å². The van der Waals surface area contributed by atoms with Gasteiger partial charge in [0, 0.05) is 16.9 Å². The first-order valence-corrected chi connectivity index (χ1v) is 6.78. The largest absolute Gasteiger partial charge is 0.497 e. The monoisotopic (exact) mass is 281 g/mol. The second-order valence-corrected chi connectivity index (χ2v) is 4.87. The zero-order valence-electron chi connectivity index (χ0n) is 12.3. The number of methoxy groups -OCH3 is 1. The Bertz CT molecular complexity index is 645. The van der Waals surface area contributed by atoms with Gasteiger partial charge in [-0.05, 0) is 42.8 Å². The number of ether oxygens (including phenoxy) is 1. The number of carbonyl (C=O) groups excluding carboxylic acids is 1. The van der Waals surface area contributed by atoms with E-state index in [1.807, 2.05) is 31.2 Å². The molecule has 0 bridgehead atoms. The summed E-state index contributed by atoms with van der Waals surface area (Å²) >= 11 is 0. The lowest BCUT2D eigenvalue weighted by atomic mass is 10.1. The molecule has 3 heteroatoms. The molecule has 0 aliphatic heterocycles. The van der Waals surface area contributed by atoms with Gasteiger partial charge in [-0.1, -0.05) is 24.8 Å². The summed E-state index contributed by atoms with van der Waals surface area (Å²) < 4.78 is 5.08. The number of aryl methyl sites for hydroxylation is 1. The molecule has 0 saturated carbocycles. The Hall–Kier alpha value is -2.55. The molecule has 2 aromatic rings. The number of anilines is 1. The van der Waals surface area contributed by atoms with Crippen LogP contribution in [0.3, 0.4) is 0 Å². The van der Waals surface area contributed by atoms with Crippen LogP contribution in [-0.2, 0) is 0 Å². The number of hydrogen-bond acceptors (Lipinski definition) is 3. The van der Waals surface area contributed by atoms with Crippen molar-refractivity contribution in [3.05, 3.63) is 71.9 Å². The molecular formula is C18H19NO2. The highest BCUT2D eigenvalue weighted by atomic mass is 16.5. The summed E-state index contributed by atoms with van der Waals surface area (Å²) in [5.41, 5.74) is 3.44. The van der Waals surface area contributed by atoms with E-state index in [-0.39, 0.29) is 12.2 Å². The van der Waals surface area contributed by atoms with E-state index in [1.165, 1.54) is 0 Å². The van der Waals surface area contributed by atoms with Crippen molar-refractivity contribution in [2.24, 2.45) is 0 Å². The Morgan fingerprint density at radius 1 is 1.14 bits per heavy atom. The summed E-state index contributed by atoms with van der Waals surface area (Å²) in [6.07, 6.45) is 0.265. The highest BCUT2D eigenvalue weighted by Crippen LogP contribution is 2.18. The van der Waals surface area contributed by atoms with E-state index in [0.29, 0.717) is 11.3 Å². The molecule has 0 aromatic heterocycles. The van der Waals surface area contributed by atoms with Crippen LogP contribution in [0.1, 0.15) is 22.3 Å². The highest BCUT2D eigenvalue weighted by molar-refractivity contribution is 5.97. The van der Waals surface area contributed by atoms with Crippen molar-refractivity contribution in [1.29, 1.82) is 0 Å². The molecule has 0 unspecified atom stereocenters. The Morgan fingerprint density at radius 2 is 1.81 bits per heavy atom. The highest BCUT2D eigenvalue weighted by Gasteiger charge is 2.09. The average Bonchev–Trinajstić information content (AvgIpc) is 2.49. The van der Waals surface area contributed by atoms with Gasteiger partial charge in [-0.15, -0.1) is 0 Å². The summed E-state index contributed by atoms with van der Waals surface area (Å²) in [7, 11) is 1.60. The minimum atomic E-state index is 0.0312. The average molecular weight is 281 g/mol. The molecule has 21 heavy (non-hydrogen) atoms. The normalized spacial score (nSPS) is 10.0. The zero-order valence-corrected chi connectivity index (χ0v) is 12.3. The lowest BCUT2D eigenvalue weighted by molar-refractivity contribution is 0.0993. The maximum Gasteiger partial charge on any atom is 0.168 e. The molecule has 3 nitrogen and oxygen atoms in total. The molecule has 0 saturated heterocycles. The topological polar surface area (TPSA) is 38.3 Å². The van der Waals surface area contributed by atoms with Crippen molar-refractivity contribution in [3.63, 3.8) is 0 Å². The molecule has 0 atom stereocenters. The molecule has 1 N–H and O–H groups in total. The Kier molecular flexibility index (Phi) is 4.77. The number of hydrogen-bond donors (Lipinski definition) is 1. The smallest absolute Gasteiger partial charge is 0.168 e. The quantitative estimate of drug-likeness (QED) is 0.806. The van der Waals surface area contributed by atoms with Crippen LogP contribution in [0.4, 0.5) is 5.69 Å². The minimum Gasteiger partial charge on any atom is -0.497 e. The minimum absolute atomic E-state index is 0.0312. The van der Waals surface area contributed by atoms with Gasteiger partial charge in [0.15, 0.2) is 5.78 Å². The molecule has 0 radical (unpaired) electrons. The van der Waals surface area contributed by atoms with E-state index >= 15 is 0 Å². The third-order valence-electron chi connectivity index (χ3n) is 3.24. The van der Waals surface area contributed by atoms with Crippen molar-refractivity contribution in [2.45, 2.75) is 13.3 Å². The second-order valence-electron chi connectivity index (χ2n) is 4.87. The van der Waals surface area contributed by atoms with E-state index in [1.54, 1.807) is 31.4 Å². The van der Waals surface area contributed by atoms with Gasteiger partial charge in [0.2, 0.25) is 0 Å². The van der Waals surface area contributed by atoms with Crippen LogP contribution in [0, 0.1) is 6.92 Å². The molecule has 2 aromatic carbocycles. The summed E-state index contributed by atoms with van der Waals surface area (Å²) in [5, 5.41) is 3.19. The molecule has 0 spiro atoms. The van der Waals surface area contributed by atoms with E-state index < -0.39 is 0 Å². The maximum atomic E-state index is 12.2. The van der Waals surface area contributed by atoms with Crippen LogP contribution in [0.15, 0.2) is 60.8 Å². The van der Waals surface area contributed by atoms with Crippen LogP contribution in [-0.4, -0.2) is 12.9 Å². The van der Waals surface area contributed by atoms with Crippen LogP contribution in [0.25, 0.3) is 0 Å². The Labute approximate surface area is 125 Å². The fourth-order valence-electron chi connectivity index (χ4n) is 2.02. The first kappa shape index (κ1) is 14.9. The van der Waals surface area contributed by atoms with Crippen LogP contribution in [0.5, 0.6) is 5.75 Å². The van der Waals surface area contributed by atoms with Crippen molar-refractivity contribution in [2.75, 3.05) is 12.4 Å². The first-order valence-electron chi connectivity index (χ1n) is 6.78. The Morgan fingerprint density at radius 3 is 2.43 bits per heavy atom. The number of nitrogens with one attached hydrogen (secondary N) is 1. The van der Waals surface area contributed by atoms with E-state index in [0.717, 1.165) is 17.0 Å². The second kappa shape index (κ2) is 6.75. The lowest BCUT2D eigenvalue weighted by Crippen LogP contribution is -2.07. The van der Waals surface area contributed by atoms with Crippen LogP contribution in [0.2, 0.25) is 0 Å². The summed E-state index contributed by atoms with van der Waals surface area (Å²) in [5.74, 6) is 0.771. The standard InChI is InChI=1S/C18H19NO2/c1-13-6-4-5-7-17(13)19-14(2)12-18(20)15-8-10-16(21-3)11-9-15/h4-11,19H,2,12H2,1,3H3. The molecule has 2 rings (SSSR count). The molecular weight excluding hydrogens is 262 g/mol. The molecule has 0 aliphatic carbocycles. The van der Waals surface area contributed by atoms with Crippen molar-refractivity contribution in [3.8, 4) is 5.75 Å². The van der Waals surface area contributed by atoms with Crippen molar-refractivity contribution in [1.82, 2.24) is 0 Å². The van der Waals surface area contributed by atoms with Gasteiger partial charge >= 0.3 is 0 Å². The van der Waals surface area contributed by atoms with Gasteiger partial charge in [-0.3, -0.25) is 4.79 Å². The number of Topliss-reactive ketones (excluding diaryl/α,β-unsaturated/α-hetero) is 1. The van der Waals surface area contributed by atoms with E-state index in [9.17, 15) is 4.79 Å². The fraction of sp³-hybridized carbons (Fsp3) is 0.167. The maximum absolute atomic E-state index is 12.2. The number of benzene rings is 2. The van der Waals surface area contributed by atoms with Gasteiger partial charge in [-0.2, -0.15) is 0 Å². The number of para-hydroxylation sites is 1. The number of rotatable bonds is 6.